The third-order valence-electron chi connectivity index (χ3n) is 6.76. The first-order chi connectivity index (χ1) is 16.1. The molecule has 4 aliphatic rings. The number of aryl methyl sites for hydroxylation is 1. The fourth-order valence-electron chi connectivity index (χ4n) is 4.99. The highest BCUT2D eigenvalue weighted by molar-refractivity contribution is 7.16. The maximum absolute atomic E-state index is 13.4. The molecule has 3 aliphatic heterocycles. The average molecular weight is 472 g/mol. The van der Waals surface area contributed by atoms with E-state index in [4.69, 9.17) is 23.9 Å². The molecule has 2 fully saturated rings. The number of aromatic nitrogens is 1. The Kier molecular flexibility index (Phi) is 5.23. The van der Waals surface area contributed by atoms with Gasteiger partial charge in [-0.2, -0.15) is 0 Å². The van der Waals surface area contributed by atoms with Gasteiger partial charge in [0.1, 0.15) is 0 Å². The van der Waals surface area contributed by atoms with Gasteiger partial charge in [0.05, 0.1) is 24.8 Å². The van der Waals surface area contributed by atoms with Gasteiger partial charge in [-0.05, 0) is 37.5 Å². The molecule has 1 aliphatic carbocycles. The van der Waals surface area contributed by atoms with Crippen LogP contribution in [0, 0.1) is 0 Å². The fourth-order valence-corrected chi connectivity index (χ4v) is 6.05. The molecule has 1 spiro atoms. The zero-order chi connectivity index (χ0) is 22.4. The largest absolute Gasteiger partial charge is 0.454 e. The van der Waals surface area contributed by atoms with E-state index in [2.05, 4.69) is 5.32 Å². The predicted molar refractivity (Wildman–Crippen MR) is 119 cm³/mol. The van der Waals surface area contributed by atoms with E-state index in [9.17, 15) is 9.59 Å². The number of nitrogens with zero attached hydrogens (tertiary/aromatic N) is 2. The molecule has 4 heterocycles. The summed E-state index contributed by atoms with van der Waals surface area (Å²) in [6.07, 6.45) is 3.99. The Labute approximate surface area is 195 Å². The summed E-state index contributed by atoms with van der Waals surface area (Å²) in [6.45, 7) is 2.66. The lowest BCUT2D eigenvalue weighted by Crippen LogP contribution is -2.48. The molecule has 2 aromatic rings. The average Bonchev–Trinajstić information content (AvgIpc) is 3.58. The quantitative estimate of drug-likeness (QED) is 0.735. The van der Waals surface area contributed by atoms with Crippen LogP contribution < -0.4 is 14.8 Å². The summed E-state index contributed by atoms with van der Waals surface area (Å²) in [4.78, 5) is 33.8. The molecule has 1 atom stereocenters. The lowest BCUT2D eigenvalue weighted by atomic mass is 9.89. The molecule has 1 aromatic carbocycles. The van der Waals surface area contributed by atoms with E-state index >= 15 is 0 Å². The molecule has 6 rings (SSSR count). The van der Waals surface area contributed by atoms with Crippen molar-refractivity contribution in [1.29, 1.82) is 0 Å². The number of likely N-dealkylation sites (tertiary alicyclic amines) is 1. The molecular weight excluding hydrogens is 446 g/mol. The third-order valence-corrected chi connectivity index (χ3v) is 7.80. The summed E-state index contributed by atoms with van der Waals surface area (Å²) in [5, 5.41) is 3.41. The lowest BCUT2D eigenvalue weighted by Gasteiger charge is -2.39. The third kappa shape index (κ3) is 3.85. The number of piperidine rings is 1. The van der Waals surface area contributed by atoms with E-state index < -0.39 is 5.79 Å². The van der Waals surface area contributed by atoms with E-state index in [0.29, 0.717) is 61.3 Å². The van der Waals surface area contributed by atoms with Crippen molar-refractivity contribution in [2.75, 3.05) is 38.4 Å². The number of hydrogen-bond donors (Lipinski definition) is 1. The van der Waals surface area contributed by atoms with Gasteiger partial charge in [-0.1, -0.05) is 0 Å². The van der Waals surface area contributed by atoms with E-state index in [1.807, 2.05) is 4.90 Å². The van der Waals surface area contributed by atoms with Crippen molar-refractivity contribution in [3.05, 3.63) is 34.3 Å². The van der Waals surface area contributed by atoms with Crippen LogP contribution in [0.5, 0.6) is 11.5 Å². The molecular formula is C23H25N3O6S. The summed E-state index contributed by atoms with van der Waals surface area (Å²) >= 11 is 1.46. The summed E-state index contributed by atoms with van der Waals surface area (Å²) in [5.74, 6) is 0.278. The van der Waals surface area contributed by atoms with Crippen LogP contribution in [0.25, 0.3) is 0 Å². The van der Waals surface area contributed by atoms with Gasteiger partial charge in [0.2, 0.25) is 12.7 Å². The molecule has 33 heavy (non-hydrogen) atoms. The number of nitrogens with one attached hydrogen (secondary N) is 1. The van der Waals surface area contributed by atoms with Crippen molar-refractivity contribution in [3.8, 4) is 11.5 Å². The van der Waals surface area contributed by atoms with Crippen LogP contribution in [0.2, 0.25) is 0 Å². The van der Waals surface area contributed by atoms with Crippen LogP contribution >= 0.6 is 11.3 Å². The summed E-state index contributed by atoms with van der Waals surface area (Å²) < 4.78 is 22.2. The second-order valence-corrected chi connectivity index (χ2v) is 9.81. The smallest absolute Gasteiger partial charge is 0.257 e. The lowest BCUT2D eigenvalue weighted by molar-refractivity contribution is -0.187. The Morgan fingerprint density at radius 2 is 1.91 bits per heavy atom. The van der Waals surface area contributed by atoms with Gasteiger partial charge >= 0.3 is 0 Å². The van der Waals surface area contributed by atoms with Crippen molar-refractivity contribution in [2.45, 2.75) is 43.8 Å². The highest BCUT2D eigenvalue weighted by atomic mass is 32.1. The van der Waals surface area contributed by atoms with Crippen LogP contribution in [-0.4, -0.2) is 60.6 Å². The maximum Gasteiger partial charge on any atom is 0.257 e. The van der Waals surface area contributed by atoms with Crippen molar-refractivity contribution in [3.63, 3.8) is 0 Å². The number of amides is 2. The molecule has 2 saturated heterocycles. The molecule has 0 unspecified atom stereocenters. The van der Waals surface area contributed by atoms with Gasteiger partial charge in [-0.15, -0.1) is 11.3 Å². The Morgan fingerprint density at radius 1 is 1.12 bits per heavy atom. The maximum atomic E-state index is 13.4. The standard InChI is InChI=1S/C23H25N3O6S/c27-20(14-4-5-16-17(12-14)30-13-29-16)25-22-24-19-15(2-1-3-18(19)33-22)21(28)26-8-6-23(7-9-26)31-10-11-32-23/h4-5,12,15H,1-3,6-11,13H2,(H,24,25,27)/t15-/m1/s1. The number of carbonyl (C=O) groups is 2. The van der Waals surface area contributed by atoms with Gasteiger partial charge in [0.25, 0.3) is 5.91 Å². The molecule has 0 bridgehead atoms. The zero-order valence-electron chi connectivity index (χ0n) is 18.1. The topological polar surface area (TPSA) is 99.2 Å². The van der Waals surface area contributed by atoms with E-state index in [-0.39, 0.29) is 24.5 Å². The van der Waals surface area contributed by atoms with E-state index in [0.717, 1.165) is 29.8 Å². The van der Waals surface area contributed by atoms with Gasteiger partial charge < -0.3 is 23.8 Å². The second-order valence-electron chi connectivity index (χ2n) is 8.73. The number of carbonyl (C=O) groups excluding carboxylic acids is 2. The molecule has 0 saturated carbocycles. The number of anilines is 1. The highest BCUT2D eigenvalue weighted by Gasteiger charge is 2.42. The number of hydrogen-bond acceptors (Lipinski definition) is 8. The Hall–Kier alpha value is -2.69. The first kappa shape index (κ1) is 20.9. The SMILES string of the molecule is O=C(Nc1nc2c(s1)CCC[C@H]2C(=O)N1CCC2(CC1)OCCO2)c1ccc2c(c1)OCO2. The summed E-state index contributed by atoms with van der Waals surface area (Å²) in [5.41, 5.74) is 1.28. The number of fused-ring (bicyclic) bond motifs is 2. The molecule has 10 heteroatoms. The van der Waals surface area contributed by atoms with Crippen molar-refractivity contribution >= 4 is 28.3 Å². The monoisotopic (exact) mass is 471 g/mol. The van der Waals surface area contributed by atoms with Crippen molar-refractivity contribution in [1.82, 2.24) is 9.88 Å². The summed E-state index contributed by atoms with van der Waals surface area (Å²) in [6, 6.07) is 5.09. The number of benzene rings is 1. The van der Waals surface area contributed by atoms with Gasteiger partial charge in [-0.3, -0.25) is 14.9 Å². The first-order valence-electron chi connectivity index (χ1n) is 11.4. The second kappa shape index (κ2) is 8.27. The minimum absolute atomic E-state index is 0.114. The van der Waals surface area contributed by atoms with Crippen molar-refractivity contribution < 1.29 is 28.5 Å². The minimum Gasteiger partial charge on any atom is -0.454 e. The molecule has 1 N–H and O–H groups in total. The van der Waals surface area contributed by atoms with Crippen LogP contribution in [0.1, 0.15) is 52.5 Å². The predicted octanol–water partition coefficient (Wildman–Crippen LogP) is 2.91. The van der Waals surface area contributed by atoms with Crippen LogP contribution in [0.15, 0.2) is 18.2 Å². The fraction of sp³-hybridized carbons (Fsp3) is 0.522. The molecule has 174 valence electrons. The van der Waals surface area contributed by atoms with Crippen molar-refractivity contribution in [2.24, 2.45) is 0 Å². The van der Waals surface area contributed by atoms with E-state index in [1.165, 1.54) is 11.3 Å². The summed E-state index contributed by atoms with van der Waals surface area (Å²) in [7, 11) is 0. The van der Waals surface area contributed by atoms with Crippen LogP contribution in [0.3, 0.4) is 0 Å². The number of rotatable bonds is 3. The molecule has 2 amide bonds. The molecule has 9 nitrogen and oxygen atoms in total. The Morgan fingerprint density at radius 3 is 2.73 bits per heavy atom. The molecule has 0 radical (unpaired) electrons. The minimum atomic E-state index is -0.499. The van der Waals surface area contributed by atoms with Crippen LogP contribution in [0.4, 0.5) is 5.13 Å². The van der Waals surface area contributed by atoms with Gasteiger partial charge in [-0.25, -0.2) is 4.98 Å². The zero-order valence-corrected chi connectivity index (χ0v) is 18.9. The highest BCUT2D eigenvalue weighted by Crippen LogP contribution is 2.40. The van der Waals surface area contributed by atoms with Gasteiger partial charge in [0.15, 0.2) is 22.4 Å². The number of thiazole rings is 1. The van der Waals surface area contributed by atoms with Crippen LogP contribution in [-0.2, 0) is 20.7 Å². The Balaban J connectivity index is 1.15. The van der Waals surface area contributed by atoms with Gasteiger partial charge in [0, 0.05) is 36.4 Å². The molecule has 1 aromatic heterocycles. The van der Waals surface area contributed by atoms with E-state index in [1.54, 1.807) is 18.2 Å². The first-order valence-corrected chi connectivity index (χ1v) is 12.2. The normalized spacial score (nSPS) is 22.9. The Bertz CT molecular complexity index is 1090. The number of ether oxygens (including phenoxy) is 4.